The summed E-state index contributed by atoms with van der Waals surface area (Å²) in [5.41, 5.74) is 1.63. The Morgan fingerprint density at radius 3 is 2.41 bits per heavy atom. The standard InChI is InChI=1S/C22H35NO4/c1-5-6-7-8-9-17-10-12-18(13-11-17)14-15-20(25)19(16-24)23-21(26)27-22(2,3)4/h10-15,19-20,24-25H,5-9,16H2,1-4H3,(H,23,26)/b15-14+/t19-,20+/m1/s1. The van der Waals surface area contributed by atoms with E-state index in [1.807, 2.05) is 12.1 Å². The zero-order valence-electron chi connectivity index (χ0n) is 17.1. The van der Waals surface area contributed by atoms with Crippen LogP contribution >= 0.6 is 0 Å². The summed E-state index contributed by atoms with van der Waals surface area (Å²) in [5.74, 6) is 0. The number of hydrogen-bond acceptors (Lipinski definition) is 4. The second-order valence-electron chi connectivity index (χ2n) is 7.84. The van der Waals surface area contributed by atoms with Crippen molar-refractivity contribution in [2.45, 2.75) is 77.5 Å². The Morgan fingerprint density at radius 1 is 1.19 bits per heavy atom. The van der Waals surface area contributed by atoms with Gasteiger partial charge in [-0.25, -0.2) is 4.79 Å². The molecular formula is C22H35NO4. The zero-order chi connectivity index (χ0) is 20.3. The normalized spacial score (nSPS) is 14.1. The van der Waals surface area contributed by atoms with Crippen LogP contribution in [0.3, 0.4) is 0 Å². The van der Waals surface area contributed by atoms with Crippen molar-refractivity contribution in [3.05, 3.63) is 41.5 Å². The number of carbonyl (C=O) groups is 1. The van der Waals surface area contributed by atoms with E-state index < -0.39 is 23.8 Å². The summed E-state index contributed by atoms with van der Waals surface area (Å²) in [7, 11) is 0. The van der Waals surface area contributed by atoms with Gasteiger partial charge in [-0.1, -0.05) is 62.6 Å². The molecule has 0 bridgehead atoms. The molecule has 2 atom stereocenters. The molecule has 0 fully saturated rings. The molecule has 0 spiro atoms. The van der Waals surface area contributed by atoms with E-state index in [0.717, 1.165) is 12.0 Å². The van der Waals surface area contributed by atoms with Crippen LogP contribution in [0.2, 0.25) is 0 Å². The van der Waals surface area contributed by atoms with Gasteiger partial charge in [-0.2, -0.15) is 0 Å². The summed E-state index contributed by atoms with van der Waals surface area (Å²) >= 11 is 0. The highest BCUT2D eigenvalue weighted by atomic mass is 16.6. The molecule has 0 aromatic heterocycles. The summed E-state index contributed by atoms with van der Waals surface area (Å²) in [6.45, 7) is 7.08. The van der Waals surface area contributed by atoms with Crippen LogP contribution in [0.5, 0.6) is 0 Å². The van der Waals surface area contributed by atoms with Crippen molar-refractivity contribution in [3.8, 4) is 0 Å². The predicted molar refractivity (Wildman–Crippen MR) is 110 cm³/mol. The number of ether oxygens (including phenoxy) is 1. The molecule has 0 saturated carbocycles. The molecule has 0 aliphatic carbocycles. The van der Waals surface area contributed by atoms with Crippen LogP contribution in [0.15, 0.2) is 30.3 Å². The molecule has 0 saturated heterocycles. The summed E-state index contributed by atoms with van der Waals surface area (Å²) in [5, 5.41) is 22.1. The third kappa shape index (κ3) is 10.2. The number of carbonyl (C=O) groups excluding carboxylic acids is 1. The molecular weight excluding hydrogens is 342 g/mol. The van der Waals surface area contributed by atoms with Crippen molar-refractivity contribution in [3.63, 3.8) is 0 Å². The van der Waals surface area contributed by atoms with Crippen molar-refractivity contribution in [2.75, 3.05) is 6.61 Å². The van der Waals surface area contributed by atoms with Gasteiger partial charge in [0.15, 0.2) is 0 Å². The number of alkyl carbamates (subject to hydrolysis) is 1. The number of benzene rings is 1. The molecule has 5 heteroatoms. The lowest BCUT2D eigenvalue weighted by Gasteiger charge is -2.24. The third-order valence-corrected chi connectivity index (χ3v) is 4.10. The maximum atomic E-state index is 11.8. The number of hydrogen-bond donors (Lipinski definition) is 3. The van der Waals surface area contributed by atoms with Gasteiger partial charge >= 0.3 is 6.09 Å². The highest BCUT2D eigenvalue weighted by Gasteiger charge is 2.22. The Hall–Kier alpha value is -1.85. The molecule has 0 aliphatic rings. The molecule has 0 unspecified atom stereocenters. The number of nitrogens with one attached hydrogen (secondary N) is 1. The Bertz CT molecular complexity index is 575. The fourth-order valence-corrected chi connectivity index (χ4v) is 2.59. The number of rotatable bonds is 10. The van der Waals surface area contributed by atoms with Gasteiger partial charge in [0.25, 0.3) is 0 Å². The van der Waals surface area contributed by atoms with Crippen molar-refractivity contribution >= 4 is 12.2 Å². The number of aliphatic hydroxyl groups is 2. The Balaban J connectivity index is 2.54. The summed E-state index contributed by atoms with van der Waals surface area (Å²) < 4.78 is 5.15. The van der Waals surface area contributed by atoms with E-state index >= 15 is 0 Å². The number of aryl methyl sites for hydroxylation is 1. The lowest BCUT2D eigenvalue weighted by molar-refractivity contribution is 0.0406. The first-order valence-electron chi connectivity index (χ1n) is 9.80. The molecule has 0 heterocycles. The Morgan fingerprint density at radius 2 is 1.85 bits per heavy atom. The molecule has 152 valence electrons. The van der Waals surface area contributed by atoms with Gasteiger partial charge in [-0.15, -0.1) is 0 Å². The average Bonchev–Trinajstić information content (AvgIpc) is 2.60. The first-order valence-corrected chi connectivity index (χ1v) is 9.80. The van der Waals surface area contributed by atoms with E-state index in [1.54, 1.807) is 32.9 Å². The van der Waals surface area contributed by atoms with Crippen molar-refractivity contribution in [1.82, 2.24) is 5.32 Å². The van der Waals surface area contributed by atoms with Crippen LogP contribution in [-0.4, -0.2) is 40.7 Å². The van der Waals surface area contributed by atoms with Crippen LogP contribution in [-0.2, 0) is 11.2 Å². The van der Waals surface area contributed by atoms with Gasteiger partial charge in [-0.05, 0) is 44.7 Å². The minimum Gasteiger partial charge on any atom is -0.444 e. The number of unbranched alkanes of at least 4 members (excludes halogenated alkanes) is 3. The maximum absolute atomic E-state index is 11.8. The molecule has 0 aliphatic heterocycles. The van der Waals surface area contributed by atoms with Gasteiger partial charge < -0.3 is 20.3 Å². The van der Waals surface area contributed by atoms with E-state index in [0.29, 0.717) is 0 Å². The smallest absolute Gasteiger partial charge is 0.408 e. The van der Waals surface area contributed by atoms with Gasteiger partial charge in [0.2, 0.25) is 0 Å². The predicted octanol–water partition coefficient (Wildman–Crippen LogP) is 4.07. The van der Waals surface area contributed by atoms with Crippen LogP contribution in [0, 0.1) is 0 Å². The summed E-state index contributed by atoms with van der Waals surface area (Å²) in [4.78, 5) is 11.8. The molecule has 1 aromatic carbocycles. The van der Waals surface area contributed by atoms with Gasteiger partial charge in [0.05, 0.1) is 18.8 Å². The minimum absolute atomic E-state index is 0.387. The van der Waals surface area contributed by atoms with Crippen LogP contribution in [0.4, 0.5) is 4.79 Å². The van der Waals surface area contributed by atoms with Crippen LogP contribution in [0.25, 0.3) is 6.08 Å². The second-order valence-corrected chi connectivity index (χ2v) is 7.84. The number of amides is 1. The first-order chi connectivity index (χ1) is 12.7. The molecule has 0 radical (unpaired) electrons. The highest BCUT2D eigenvalue weighted by molar-refractivity contribution is 5.68. The largest absolute Gasteiger partial charge is 0.444 e. The number of aliphatic hydroxyl groups excluding tert-OH is 2. The SMILES string of the molecule is CCCCCCc1ccc(/C=C/[C@H](O)[C@@H](CO)NC(=O)OC(C)(C)C)cc1. The Labute approximate surface area is 163 Å². The van der Waals surface area contributed by atoms with Gasteiger partial charge in [0.1, 0.15) is 5.60 Å². The minimum atomic E-state index is -1.02. The topological polar surface area (TPSA) is 78.8 Å². The van der Waals surface area contributed by atoms with E-state index in [9.17, 15) is 15.0 Å². The average molecular weight is 378 g/mol. The molecule has 1 rings (SSSR count). The summed E-state index contributed by atoms with van der Waals surface area (Å²) in [6.07, 6.45) is 7.73. The highest BCUT2D eigenvalue weighted by Crippen LogP contribution is 2.12. The molecule has 3 N–H and O–H groups in total. The van der Waals surface area contributed by atoms with Crippen molar-refractivity contribution in [2.24, 2.45) is 0 Å². The Kier molecular flexibility index (Phi) is 10.1. The lowest BCUT2D eigenvalue weighted by Crippen LogP contribution is -2.46. The van der Waals surface area contributed by atoms with E-state index in [-0.39, 0.29) is 6.61 Å². The van der Waals surface area contributed by atoms with Crippen LogP contribution < -0.4 is 5.32 Å². The van der Waals surface area contributed by atoms with Gasteiger partial charge in [-0.3, -0.25) is 0 Å². The maximum Gasteiger partial charge on any atom is 0.408 e. The zero-order valence-corrected chi connectivity index (χ0v) is 17.1. The summed E-state index contributed by atoms with van der Waals surface area (Å²) in [6, 6.07) is 7.39. The molecule has 1 amide bonds. The molecule has 5 nitrogen and oxygen atoms in total. The van der Waals surface area contributed by atoms with E-state index in [2.05, 4.69) is 24.4 Å². The van der Waals surface area contributed by atoms with Gasteiger partial charge in [0, 0.05) is 0 Å². The second kappa shape index (κ2) is 11.8. The monoisotopic (exact) mass is 377 g/mol. The van der Waals surface area contributed by atoms with E-state index in [1.165, 1.54) is 31.2 Å². The van der Waals surface area contributed by atoms with Crippen LogP contribution in [0.1, 0.15) is 64.5 Å². The fourth-order valence-electron chi connectivity index (χ4n) is 2.59. The van der Waals surface area contributed by atoms with Crippen molar-refractivity contribution < 1.29 is 19.7 Å². The molecule has 27 heavy (non-hydrogen) atoms. The fraction of sp³-hybridized carbons (Fsp3) is 0.591. The van der Waals surface area contributed by atoms with Crippen molar-refractivity contribution in [1.29, 1.82) is 0 Å². The third-order valence-electron chi connectivity index (χ3n) is 4.10. The lowest BCUT2D eigenvalue weighted by atomic mass is 10.0. The quantitative estimate of drug-likeness (QED) is 0.537. The van der Waals surface area contributed by atoms with E-state index in [4.69, 9.17) is 4.74 Å². The first kappa shape index (κ1) is 23.2. The molecule has 1 aromatic rings.